The van der Waals surface area contributed by atoms with Crippen molar-refractivity contribution in [1.29, 1.82) is 0 Å². The van der Waals surface area contributed by atoms with Crippen LogP contribution in [-0.4, -0.2) is 4.98 Å². The minimum Gasteiger partial charge on any atom is -0.310 e. The van der Waals surface area contributed by atoms with Gasteiger partial charge in [-0.25, -0.2) is 0 Å². The van der Waals surface area contributed by atoms with Crippen LogP contribution in [0.4, 0.5) is 17.1 Å². The molecule has 2 nitrogen and oxygen atoms in total. The van der Waals surface area contributed by atoms with Crippen molar-refractivity contribution in [3.05, 3.63) is 145 Å². The zero-order chi connectivity index (χ0) is 26.8. The Labute approximate surface area is 235 Å². The van der Waals surface area contributed by atoms with Crippen LogP contribution in [0.5, 0.6) is 0 Å². The van der Waals surface area contributed by atoms with E-state index in [2.05, 4.69) is 146 Å². The monoisotopic (exact) mass is 512 g/mol. The van der Waals surface area contributed by atoms with Crippen molar-refractivity contribution in [1.82, 2.24) is 4.98 Å². The van der Waals surface area contributed by atoms with Crippen LogP contribution in [0.2, 0.25) is 0 Å². The Kier molecular flexibility index (Phi) is 4.90. The first-order valence-electron chi connectivity index (χ1n) is 13.9. The lowest BCUT2D eigenvalue weighted by Crippen LogP contribution is -2.30. The summed E-state index contributed by atoms with van der Waals surface area (Å²) in [5.41, 5.74) is 15.6. The van der Waals surface area contributed by atoms with E-state index in [-0.39, 0.29) is 5.41 Å². The molecule has 0 amide bonds. The molecule has 0 spiro atoms. The summed E-state index contributed by atoms with van der Waals surface area (Å²) in [7, 11) is 0. The van der Waals surface area contributed by atoms with E-state index in [1.807, 2.05) is 6.20 Å². The van der Waals surface area contributed by atoms with Gasteiger partial charge in [-0.2, -0.15) is 0 Å². The summed E-state index contributed by atoms with van der Waals surface area (Å²) in [4.78, 5) is 7.47. The van der Waals surface area contributed by atoms with Gasteiger partial charge in [0.25, 0.3) is 0 Å². The quantitative estimate of drug-likeness (QED) is 0.217. The normalized spacial score (nSPS) is 13.9. The van der Waals surface area contributed by atoms with Crippen LogP contribution < -0.4 is 4.90 Å². The Hall–Kier alpha value is -4.95. The minimum absolute atomic E-state index is 0.193. The molecular weight excluding hydrogens is 484 g/mol. The Bertz CT molecular complexity index is 1930. The van der Waals surface area contributed by atoms with Gasteiger partial charge in [0.15, 0.2) is 0 Å². The summed E-state index contributed by atoms with van der Waals surface area (Å²) in [5, 5.41) is 0. The van der Waals surface area contributed by atoms with Crippen molar-refractivity contribution < 1.29 is 0 Å². The van der Waals surface area contributed by atoms with E-state index in [1.54, 1.807) is 0 Å². The average molecular weight is 513 g/mol. The molecule has 0 N–H and O–H groups in total. The van der Waals surface area contributed by atoms with Crippen LogP contribution in [-0.2, 0) is 5.41 Å². The Morgan fingerprint density at radius 3 is 1.77 bits per heavy atom. The Morgan fingerprint density at radius 2 is 1.05 bits per heavy atom. The smallest absolute Gasteiger partial charge is 0.0786 e. The Balaban J connectivity index is 1.52. The number of pyridine rings is 1. The maximum atomic E-state index is 5.04. The summed E-state index contributed by atoms with van der Waals surface area (Å²) >= 11 is 0. The first-order valence-corrected chi connectivity index (χ1v) is 13.9. The average Bonchev–Trinajstić information content (AvgIpc) is 3.01. The maximum Gasteiger partial charge on any atom is 0.0786 e. The summed E-state index contributed by atoms with van der Waals surface area (Å²) in [6.07, 6.45) is 1.93. The van der Waals surface area contributed by atoms with Crippen molar-refractivity contribution >= 4 is 17.1 Å². The number of fused-ring (bicyclic) bond motifs is 10. The van der Waals surface area contributed by atoms with Crippen LogP contribution in [0.3, 0.4) is 0 Å². The van der Waals surface area contributed by atoms with Crippen LogP contribution in [0.15, 0.2) is 134 Å². The molecule has 0 unspecified atom stereocenters. The first kappa shape index (κ1) is 23.0. The highest BCUT2D eigenvalue weighted by Gasteiger charge is 2.38. The zero-order valence-electron chi connectivity index (χ0n) is 22.6. The van der Waals surface area contributed by atoms with Crippen molar-refractivity contribution in [3.8, 4) is 44.6 Å². The van der Waals surface area contributed by atoms with Gasteiger partial charge in [0.05, 0.1) is 17.1 Å². The highest BCUT2D eigenvalue weighted by atomic mass is 15.2. The lowest BCUT2D eigenvalue weighted by atomic mass is 9.71. The van der Waals surface area contributed by atoms with Crippen molar-refractivity contribution in [3.63, 3.8) is 0 Å². The standard InChI is InChI=1S/C38H28N2/c1-38(2)33-20-10-11-21-35(33)40(25-13-4-3-5-14-25)36-24-31-29-18-9-7-16-27(29)26-15-6-8-17-28(26)30-19-12-22-39-37(30)32(31)23-34(36)38/h3-24H,1-2H3. The van der Waals surface area contributed by atoms with E-state index in [9.17, 15) is 0 Å². The molecule has 0 saturated carbocycles. The molecular formula is C38H28N2. The van der Waals surface area contributed by atoms with Gasteiger partial charge in [0, 0.05) is 28.4 Å². The third-order valence-electron chi connectivity index (χ3n) is 8.67. The molecule has 2 heterocycles. The number of hydrogen-bond donors (Lipinski definition) is 0. The highest BCUT2D eigenvalue weighted by molar-refractivity contribution is 6.04. The number of anilines is 3. The van der Waals surface area contributed by atoms with E-state index < -0.39 is 0 Å². The fourth-order valence-corrected chi connectivity index (χ4v) is 6.76. The number of benzene rings is 5. The second-order valence-corrected chi connectivity index (χ2v) is 11.2. The summed E-state index contributed by atoms with van der Waals surface area (Å²) in [6.45, 7) is 4.70. The van der Waals surface area contributed by atoms with Gasteiger partial charge < -0.3 is 4.90 Å². The van der Waals surface area contributed by atoms with Crippen molar-refractivity contribution in [2.75, 3.05) is 4.90 Å². The number of rotatable bonds is 1. The number of para-hydroxylation sites is 2. The topological polar surface area (TPSA) is 16.1 Å². The molecule has 1 aliphatic heterocycles. The molecule has 0 fully saturated rings. The van der Waals surface area contributed by atoms with Crippen LogP contribution in [0.25, 0.3) is 44.6 Å². The van der Waals surface area contributed by atoms with Crippen LogP contribution in [0, 0.1) is 0 Å². The number of nitrogens with zero attached hydrogens (tertiary/aromatic N) is 2. The fourth-order valence-electron chi connectivity index (χ4n) is 6.76. The molecule has 0 bridgehead atoms. The van der Waals surface area contributed by atoms with E-state index in [0.29, 0.717) is 0 Å². The molecule has 8 rings (SSSR count). The van der Waals surface area contributed by atoms with Gasteiger partial charge in [-0.05, 0) is 75.3 Å². The second-order valence-electron chi connectivity index (χ2n) is 11.2. The third-order valence-corrected chi connectivity index (χ3v) is 8.67. The fraction of sp³-hybridized carbons (Fsp3) is 0.0789. The van der Waals surface area contributed by atoms with Crippen LogP contribution >= 0.6 is 0 Å². The van der Waals surface area contributed by atoms with E-state index in [4.69, 9.17) is 4.98 Å². The molecule has 190 valence electrons. The van der Waals surface area contributed by atoms with Gasteiger partial charge >= 0.3 is 0 Å². The first-order chi connectivity index (χ1) is 19.6. The molecule has 1 aromatic heterocycles. The molecule has 1 aliphatic carbocycles. The summed E-state index contributed by atoms with van der Waals surface area (Å²) in [5.74, 6) is 0. The molecule has 6 aromatic rings. The molecule has 5 aromatic carbocycles. The van der Waals surface area contributed by atoms with Gasteiger partial charge in [-0.15, -0.1) is 0 Å². The van der Waals surface area contributed by atoms with E-state index in [1.165, 1.54) is 61.4 Å². The maximum absolute atomic E-state index is 5.04. The van der Waals surface area contributed by atoms with Crippen LogP contribution in [0.1, 0.15) is 25.0 Å². The SMILES string of the molecule is CC1(C)c2ccccc2N(c2ccccc2)c2cc3c(cc21)-c1ncccc1-c1ccccc1-c1ccccc1-3. The minimum atomic E-state index is -0.193. The lowest BCUT2D eigenvalue weighted by molar-refractivity contribution is 0.632. The van der Waals surface area contributed by atoms with Gasteiger partial charge in [-0.1, -0.05) is 105 Å². The second kappa shape index (κ2) is 8.53. The van der Waals surface area contributed by atoms with Gasteiger partial charge in [0.2, 0.25) is 0 Å². The molecule has 40 heavy (non-hydrogen) atoms. The predicted molar refractivity (Wildman–Crippen MR) is 166 cm³/mol. The highest BCUT2D eigenvalue weighted by Crippen LogP contribution is 2.56. The zero-order valence-corrected chi connectivity index (χ0v) is 22.6. The third kappa shape index (κ3) is 3.20. The largest absolute Gasteiger partial charge is 0.310 e. The Morgan fingerprint density at radius 1 is 0.475 bits per heavy atom. The van der Waals surface area contributed by atoms with E-state index in [0.717, 1.165) is 11.4 Å². The van der Waals surface area contributed by atoms with Gasteiger partial charge in [-0.3, -0.25) is 4.98 Å². The molecule has 2 heteroatoms. The molecule has 0 atom stereocenters. The predicted octanol–water partition coefficient (Wildman–Crippen LogP) is 10.2. The molecule has 0 saturated heterocycles. The summed E-state index contributed by atoms with van der Waals surface area (Å²) < 4.78 is 0. The molecule has 2 aliphatic rings. The van der Waals surface area contributed by atoms with Crippen molar-refractivity contribution in [2.24, 2.45) is 0 Å². The van der Waals surface area contributed by atoms with E-state index >= 15 is 0 Å². The summed E-state index contributed by atoms with van der Waals surface area (Å²) in [6, 6.07) is 46.3. The van der Waals surface area contributed by atoms with Crippen molar-refractivity contribution in [2.45, 2.75) is 19.3 Å². The lowest BCUT2D eigenvalue weighted by Gasteiger charge is -2.43. The molecule has 0 radical (unpaired) electrons. The number of hydrogen-bond acceptors (Lipinski definition) is 2. The number of aromatic nitrogens is 1. The van der Waals surface area contributed by atoms with Gasteiger partial charge in [0.1, 0.15) is 0 Å².